The first-order valence-corrected chi connectivity index (χ1v) is 7.77. The largest absolute Gasteiger partial charge is 0.317 e. The number of halogens is 1. The van der Waals surface area contributed by atoms with Crippen LogP contribution in [0.3, 0.4) is 0 Å². The number of nitro benzene ring substituents is 1. The summed E-state index contributed by atoms with van der Waals surface area (Å²) in [7, 11) is 0. The number of nitrogens with zero attached hydrogens (tertiary/aromatic N) is 3. The van der Waals surface area contributed by atoms with Crippen molar-refractivity contribution in [3.05, 3.63) is 93.3 Å². The van der Waals surface area contributed by atoms with Crippen molar-refractivity contribution in [2.45, 2.75) is 0 Å². The molecule has 0 aliphatic heterocycles. The quantitative estimate of drug-likeness (QED) is 0.373. The van der Waals surface area contributed by atoms with Gasteiger partial charge in [-0.2, -0.15) is 5.26 Å². The number of allylic oxidation sites excluding steroid dienone is 1. The van der Waals surface area contributed by atoms with E-state index in [0.717, 1.165) is 11.4 Å². The molecule has 1 heterocycles. The molecule has 5 nitrogen and oxygen atoms in total. The Bertz CT molecular complexity index is 998. The van der Waals surface area contributed by atoms with Gasteiger partial charge in [0, 0.05) is 40.3 Å². The summed E-state index contributed by atoms with van der Waals surface area (Å²) >= 11 is 6.18. The summed E-state index contributed by atoms with van der Waals surface area (Å²) in [5.74, 6) is 0. The molecule has 0 aliphatic rings. The molecular formula is C19H12ClN3O2. The van der Waals surface area contributed by atoms with Crippen LogP contribution in [0.25, 0.3) is 17.3 Å². The Morgan fingerprint density at radius 1 is 1.12 bits per heavy atom. The van der Waals surface area contributed by atoms with Crippen molar-refractivity contribution >= 4 is 28.9 Å². The first kappa shape index (κ1) is 16.5. The molecule has 0 unspecified atom stereocenters. The minimum Gasteiger partial charge on any atom is -0.317 e. The van der Waals surface area contributed by atoms with Crippen molar-refractivity contribution in [1.29, 1.82) is 5.26 Å². The van der Waals surface area contributed by atoms with E-state index in [1.807, 2.05) is 29.0 Å². The Kier molecular flexibility index (Phi) is 4.64. The topological polar surface area (TPSA) is 71.9 Å². The van der Waals surface area contributed by atoms with E-state index in [4.69, 9.17) is 11.6 Å². The van der Waals surface area contributed by atoms with Crippen molar-refractivity contribution in [3.8, 4) is 11.8 Å². The van der Waals surface area contributed by atoms with Crippen LogP contribution in [0.1, 0.15) is 11.3 Å². The lowest BCUT2D eigenvalue weighted by atomic mass is 10.1. The molecule has 0 atom stereocenters. The van der Waals surface area contributed by atoms with Gasteiger partial charge >= 0.3 is 0 Å². The number of hydrogen-bond acceptors (Lipinski definition) is 3. The van der Waals surface area contributed by atoms with E-state index < -0.39 is 4.92 Å². The SMILES string of the molecule is N#CC(=Cc1cccn1-c1ccc([N+](=O)[O-])cc1)c1ccccc1Cl. The van der Waals surface area contributed by atoms with Gasteiger partial charge in [0.25, 0.3) is 5.69 Å². The summed E-state index contributed by atoms with van der Waals surface area (Å²) in [5, 5.41) is 20.8. The zero-order valence-electron chi connectivity index (χ0n) is 13.0. The van der Waals surface area contributed by atoms with Crippen LogP contribution in [0.4, 0.5) is 5.69 Å². The lowest BCUT2D eigenvalue weighted by molar-refractivity contribution is -0.384. The number of benzene rings is 2. The van der Waals surface area contributed by atoms with Gasteiger partial charge in [-0.3, -0.25) is 10.1 Å². The molecule has 0 spiro atoms. The van der Waals surface area contributed by atoms with Crippen LogP contribution in [-0.4, -0.2) is 9.49 Å². The highest BCUT2D eigenvalue weighted by molar-refractivity contribution is 6.32. The summed E-state index contributed by atoms with van der Waals surface area (Å²) in [6.07, 6.45) is 3.57. The summed E-state index contributed by atoms with van der Waals surface area (Å²) < 4.78 is 1.85. The molecule has 0 fully saturated rings. The molecule has 25 heavy (non-hydrogen) atoms. The second kappa shape index (κ2) is 7.04. The van der Waals surface area contributed by atoms with Gasteiger partial charge in [0.05, 0.1) is 16.6 Å². The molecule has 0 amide bonds. The second-order valence-electron chi connectivity index (χ2n) is 5.23. The van der Waals surface area contributed by atoms with E-state index in [2.05, 4.69) is 6.07 Å². The van der Waals surface area contributed by atoms with Gasteiger partial charge in [-0.15, -0.1) is 0 Å². The highest BCUT2D eigenvalue weighted by atomic mass is 35.5. The number of nitriles is 1. The molecule has 3 aromatic rings. The third kappa shape index (κ3) is 3.44. The minimum absolute atomic E-state index is 0.0294. The molecule has 1 aromatic heterocycles. The van der Waals surface area contributed by atoms with Gasteiger partial charge < -0.3 is 4.57 Å². The van der Waals surface area contributed by atoms with Crippen molar-refractivity contribution in [1.82, 2.24) is 4.57 Å². The summed E-state index contributed by atoms with van der Waals surface area (Å²) in [5.41, 5.74) is 2.65. The minimum atomic E-state index is -0.439. The van der Waals surface area contributed by atoms with Crippen molar-refractivity contribution in [3.63, 3.8) is 0 Å². The zero-order chi connectivity index (χ0) is 17.8. The fraction of sp³-hybridized carbons (Fsp3) is 0. The van der Waals surface area contributed by atoms with Gasteiger partial charge in [-0.25, -0.2) is 0 Å². The van der Waals surface area contributed by atoms with Gasteiger partial charge in [0.2, 0.25) is 0 Å². The number of nitro groups is 1. The van der Waals surface area contributed by atoms with E-state index in [1.165, 1.54) is 12.1 Å². The van der Waals surface area contributed by atoms with Crippen molar-refractivity contribution < 1.29 is 4.92 Å². The fourth-order valence-electron chi connectivity index (χ4n) is 2.48. The van der Waals surface area contributed by atoms with Crippen LogP contribution in [0.15, 0.2) is 66.9 Å². The lowest BCUT2D eigenvalue weighted by Gasteiger charge is -2.08. The molecule has 122 valence electrons. The Morgan fingerprint density at radius 2 is 1.84 bits per heavy atom. The van der Waals surface area contributed by atoms with E-state index in [-0.39, 0.29) is 5.69 Å². The average molecular weight is 350 g/mol. The van der Waals surface area contributed by atoms with Crippen LogP contribution in [0, 0.1) is 21.4 Å². The van der Waals surface area contributed by atoms with E-state index in [9.17, 15) is 15.4 Å². The summed E-state index contributed by atoms with van der Waals surface area (Å²) in [4.78, 5) is 10.3. The molecule has 0 saturated carbocycles. The van der Waals surface area contributed by atoms with E-state index in [1.54, 1.807) is 36.4 Å². The number of aromatic nitrogens is 1. The molecular weight excluding hydrogens is 338 g/mol. The maximum absolute atomic E-state index is 10.8. The van der Waals surface area contributed by atoms with Crippen LogP contribution in [0.2, 0.25) is 5.02 Å². The van der Waals surface area contributed by atoms with Gasteiger partial charge in [0.15, 0.2) is 0 Å². The highest BCUT2D eigenvalue weighted by Crippen LogP contribution is 2.26. The van der Waals surface area contributed by atoms with Crippen LogP contribution >= 0.6 is 11.6 Å². The van der Waals surface area contributed by atoms with Crippen LogP contribution in [0.5, 0.6) is 0 Å². The third-order valence-corrected chi connectivity index (χ3v) is 4.03. The van der Waals surface area contributed by atoms with Gasteiger partial charge in [-0.1, -0.05) is 29.8 Å². The Hall–Kier alpha value is -3.36. The van der Waals surface area contributed by atoms with Crippen molar-refractivity contribution in [2.24, 2.45) is 0 Å². The van der Waals surface area contributed by atoms with Crippen molar-refractivity contribution in [2.75, 3.05) is 0 Å². The highest BCUT2D eigenvalue weighted by Gasteiger charge is 2.09. The molecule has 0 N–H and O–H groups in total. The Morgan fingerprint density at radius 3 is 2.48 bits per heavy atom. The molecule has 3 rings (SSSR count). The van der Waals surface area contributed by atoms with Gasteiger partial charge in [-0.05, 0) is 36.4 Å². The number of rotatable bonds is 4. The first-order valence-electron chi connectivity index (χ1n) is 7.39. The molecule has 2 aromatic carbocycles. The van der Waals surface area contributed by atoms with Gasteiger partial charge in [0.1, 0.15) is 0 Å². The fourth-order valence-corrected chi connectivity index (χ4v) is 2.72. The summed E-state index contributed by atoms with van der Waals surface area (Å²) in [6.45, 7) is 0. The maximum Gasteiger partial charge on any atom is 0.269 e. The van der Waals surface area contributed by atoms with E-state index >= 15 is 0 Å². The lowest BCUT2D eigenvalue weighted by Crippen LogP contribution is -1.96. The third-order valence-electron chi connectivity index (χ3n) is 3.70. The first-order chi connectivity index (χ1) is 12.1. The average Bonchev–Trinajstić information content (AvgIpc) is 3.08. The van der Waals surface area contributed by atoms with E-state index in [0.29, 0.717) is 16.2 Å². The van der Waals surface area contributed by atoms with Crippen LogP contribution < -0.4 is 0 Å². The molecule has 0 radical (unpaired) electrons. The standard InChI is InChI=1S/C19H12ClN3O2/c20-19-6-2-1-5-18(19)14(13-21)12-17-4-3-11-22(17)15-7-9-16(10-8-15)23(24)25/h1-12H. The summed E-state index contributed by atoms with van der Waals surface area (Å²) in [6, 6.07) is 19.2. The Labute approximate surface area is 149 Å². The molecule has 0 saturated heterocycles. The number of hydrogen-bond donors (Lipinski definition) is 0. The molecule has 0 bridgehead atoms. The predicted molar refractivity (Wildman–Crippen MR) is 97.4 cm³/mol. The second-order valence-corrected chi connectivity index (χ2v) is 5.63. The zero-order valence-corrected chi connectivity index (χ0v) is 13.7. The predicted octanol–water partition coefficient (Wildman–Crippen LogP) is 5.10. The number of non-ortho nitro benzene ring substituents is 1. The smallest absolute Gasteiger partial charge is 0.269 e. The van der Waals surface area contributed by atoms with Crippen LogP contribution in [-0.2, 0) is 0 Å². The molecule has 0 aliphatic carbocycles. The maximum atomic E-state index is 10.8. The normalized spacial score (nSPS) is 11.1. The monoisotopic (exact) mass is 349 g/mol. The Balaban J connectivity index is 2.03. The molecule has 6 heteroatoms.